The zero-order valence-electron chi connectivity index (χ0n) is 11.7. The third-order valence-electron chi connectivity index (χ3n) is 2.60. The maximum atomic E-state index is 13.1. The van der Waals surface area contributed by atoms with Gasteiger partial charge in [0.1, 0.15) is 0 Å². The third kappa shape index (κ3) is 5.52. The zero-order valence-corrected chi connectivity index (χ0v) is 12.5. The highest BCUT2D eigenvalue weighted by atomic mass is 32.2. The summed E-state index contributed by atoms with van der Waals surface area (Å²) >= 11 is 0. The number of sulfonamides is 1. The average Bonchev–Trinajstić information content (AvgIpc) is 2.31. The molecule has 7 heteroatoms. The lowest BCUT2D eigenvalue weighted by atomic mass is 10.1. The molecule has 0 aliphatic rings. The zero-order chi connectivity index (χ0) is 15.3. The van der Waals surface area contributed by atoms with Crippen molar-refractivity contribution in [3.63, 3.8) is 0 Å². The molecule has 1 unspecified atom stereocenters. The molecule has 0 aliphatic heterocycles. The van der Waals surface area contributed by atoms with Gasteiger partial charge in [-0.05, 0) is 38.5 Å². The number of nitrogens with one attached hydrogen (secondary N) is 1. The van der Waals surface area contributed by atoms with Gasteiger partial charge in [0.05, 0.1) is 18.5 Å². The Kier molecular flexibility index (Phi) is 6.04. The summed E-state index contributed by atoms with van der Waals surface area (Å²) in [4.78, 5) is 0. The number of rotatable bonds is 7. The summed E-state index contributed by atoms with van der Waals surface area (Å²) in [5.74, 6) is -2.15. The van der Waals surface area contributed by atoms with E-state index in [4.69, 9.17) is 4.74 Å². The summed E-state index contributed by atoms with van der Waals surface area (Å²) < 4.78 is 57.0. The fourth-order valence-corrected chi connectivity index (χ4v) is 2.68. The van der Waals surface area contributed by atoms with Crippen molar-refractivity contribution < 1.29 is 21.9 Å². The number of halogens is 2. The van der Waals surface area contributed by atoms with Crippen molar-refractivity contribution in [2.75, 3.05) is 12.4 Å². The molecule has 1 aromatic rings. The molecule has 1 aromatic carbocycles. The molecule has 0 spiro atoms. The van der Waals surface area contributed by atoms with Crippen LogP contribution in [0.15, 0.2) is 18.2 Å². The Morgan fingerprint density at radius 3 is 2.40 bits per heavy atom. The van der Waals surface area contributed by atoms with E-state index < -0.39 is 27.7 Å². The van der Waals surface area contributed by atoms with Crippen LogP contribution in [0.25, 0.3) is 0 Å². The monoisotopic (exact) mass is 307 g/mol. The number of benzene rings is 1. The van der Waals surface area contributed by atoms with Crippen LogP contribution < -0.4 is 4.72 Å². The van der Waals surface area contributed by atoms with Gasteiger partial charge in [0.2, 0.25) is 10.0 Å². The predicted octanol–water partition coefficient (Wildman–Crippen LogP) is 2.37. The minimum absolute atomic E-state index is 0.0474. The summed E-state index contributed by atoms with van der Waals surface area (Å²) in [5, 5.41) is 0. The van der Waals surface area contributed by atoms with Crippen molar-refractivity contribution in [3.8, 4) is 0 Å². The molecule has 1 rings (SSSR count). The van der Waals surface area contributed by atoms with Crippen LogP contribution in [-0.4, -0.2) is 26.9 Å². The van der Waals surface area contributed by atoms with Crippen molar-refractivity contribution >= 4 is 10.0 Å². The molecule has 20 heavy (non-hydrogen) atoms. The first-order valence-electron chi connectivity index (χ1n) is 6.28. The van der Waals surface area contributed by atoms with Gasteiger partial charge in [0.15, 0.2) is 11.6 Å². The SMILES string of the molecule is CC(C)OCCS(=O)(=O)NC(C)c1ccc(F)c(F)c1. The maximum Gasteiger partial charge on any atom is 0.214 e. The molecule has 0 heterocycles. The lowest BCUT2D eigenvalue weighted by molar-refractivity contribution is 0.0911. The van der Waals surface area contributed by atoms with E-state index in [9.17, 15) is 17.2 Å². The Hall–Kier alpha value is -1.05. The van der Waals surface area contributed by atoms with E-state index in [1.807, 2.05) is 13.8 Å². The van der Waals surface area contributed by atoms with Gasteiger partial charge in [-0.1, -0.05) is 6.07 Å². The van der Waals surface area contributed by atoms with E-state index in [-0.39, 0.29) is 18.5 Å². The minimum Gasteiger partial charge on any atom is -0.378 e. The Morgan fingerprint density at radius 1 is 1.20 bits per heavy atom. The van der Waals surface area contributed by atoms with Gasteiger partial charge in [-0.25, -0.2) is 21.9 Å². The van der Waals surface area contributed by atoms with E-state index in [1.165, 1.54) is 6.07 Å². The molecule has 0 saturated heterocycles. The smallest absolute Gasteiger partial charge is 0.214 e. The quantitative estimate of drug-likeness (QED) is 0.841. The highest BCUT2D eigenvalue weighted by Crippen LogP contribution is 2.16. The van der Waals surface area contributed by atoms with Crippen molar-refractivity contribution in [2.24, 2.45) is 0 Å². The van der Waals surface area contributed by atoms with Gasteiger partial charge in [0.25, 0.3) is 0 Å². The van der Waals surface area contributed by atoms with Gasteiger partial charge in [-0.3, -0.25) is 0 Å². The summed E-state index contributed by atoms with van der Waals surface area (Å²) in [7, 11) is -3.54. The number of ether oxygens (including phenoxy) is 1. The van der Waals surface area contributed by atoms with Gasteiger partial charge in [0, 0.05) is 6.04 Å². The predicted molar refractivity (Wildman–Crippen MR) is 72.8 cm³/mol. The van der Waals surface area contributed by atoms with Gasteiger partial charge < -0.3 is 4.74 Å². The first-order valence-corrected chi connectivity index (χ1v) is 7.93. The van der Waals surface area contributed by atoms with Crippen LogP contribution in [0.2, 0.25) is 0 Å². The van der Waals surface area contributed by atoms with Crippen LogP contribution in [0.3, 0.4) is 0 Å². The molecule has 4 nitrogen and oxygen atoms in total. The molecule has 0 radical (unpaired) electrons. The fraction of sp³-hybridized carbons (Fsp3) is 0.538. The van der Waals surface area contributed by atoms with Gasteiger partial charge in [-0.2, -0.15) is 0 Å². The highest BCUT2D eigenvalue weighted by molar-refractivity contribution is 7.89. The molecule has 0 saturated carbocycles. The maximum absolute atomic E-state index is 13.1. The van der Waals surface area contributed by atoms with Crippen LogP contribution >= 0.6 is 0 Å². The average molecular weight is 307 g/mol. The molecule has 1 atom stereocenters. The van der Waals surface area contributed by atoms with Crippen molar-refractivity contribution in [1.82, 2.24) is 4.72 Å². The van der Waals surface area contributed by atoms with Crippen LogP contribution in [0, 0.1) is 11.6 Å². The molecule has 0 fully saturated rings. The Balaban J connectivity index is 2.64. The van der Waals surface area contributed by atoms with Crippen LogP contribution in [-0.2, 0) is 14.8 Å². The Morgan fingerprint density at radius 2 is 1.85 bits per heavy atom. The number of hydrogen-bond acceptors (Lipinski definition) is 3. The Labute approximate surface area is 118 Å². The standard InChI is InChI=1S/C13H19F2NO3S/c1-9(2)19-6-7-20(17,18)16-10(3)11-4-5-12(14)13(15)8-11/h4-5,8-10,16H,6-7H2,1-3H3. The van der Waals surface area contributed by atoms with Crippen LogP contribution in [0.5, 0.6) is 0 Å². The van der Waals surface area contributed by atoms with E-state index in [2.05, 4.69) is 4.72 Å². The molecule has 0 amide bonds. The van der Waals surface area contributed by atoms with Gasteiger partial charge in [-0.15, -0.1) is 0 Å². The van der Waals surface area contributed by atoms with E-state index in [0.717, 1.165) is 12.1 Å². The molecule has 1 N–H and O–H groups in total. The second-order valence-corrected chi connectivity index (χ2v) is 6.62. The second-order valence-electron chi connectivity index (χ2n) is 4.75. The van der Waals surface area contributed by atoms with Crippen molar-refractivity contribution in [3.05, 3.63) is 35.4 Å². The molecule has 0 bridgehead atoms. The molecular formula is C13H19F2NO3S. The van der Waals surface area contributed by atoms with Crippen molar-refractivity contribution in [1.29, 1.82) is 0 Å². The lowest BCUT2D eigenvalue weighted by Gasteiger charge is -2.15. The summed E-state index contributed by atoms with van der Waals surface area (Å²) in [5.41, 5.74) is 0.359. The minimum atomic E-state index is -3.54. The van der Waals surface area contributed by atoms with Crippen LogP contribution in [0.1, 0.15) is 32.4 Å². The lowest BCUT2D eigenvalue weighted by Crippen LogP contribution is -2.31. The van der Waals surface area contributed by atoms with Gasteiger partial charge >= 0.3 is 0 Å². The summed E-state index contributed by atoms with van der Waals surface area (Å²) in [6.07, 6.45) is -0.0474. The molecular weight excluding hydrogens is 288 g/mol. The van der Waals surface area contributed by atoms with E-state index >= 15 is 0 Å². The normalized spacial score (nSPS) is 13.7. The van der Waals surface area contributed by atoms with E-state index in [1.54, 1.807) is 6.92 Å². The Bertz CT molecular complexity index is 547. The topological polar surface area (TPSA) is 55.4 Å². The molecule has 0 aromatic heterocycles. The number of hydrogen-bond donors (Lipinski definition) is 1. The summed E-state index contributed by atoms with van der Waals surface area (Å²) in [6.45, 7) is 5.26. The first kappa shape index (κ1) is 17.0. The third-order valence-corrected chi connectivity index (χ3v) is 4.02. The molecule has 0 aliphatic carbocycles. The molecule has 114 valence electrons. The first-order chi connectivity index (χ1) is 9.21. The van der Waals surface area contributed by atoms with E-state index in [0.29, 0.717) is 5.56 Å². The largest absolute Gasteiger partial charge is 0.378 e. The van der Waals surface area contributed by atoms with Crippen molar-refractivity contribution in [2.45, 2.75) is 32.9 Å². The fourth-order valence-electron chi connectivity index (χ4n) is 1.57. The van der Waals surface area contributed by atoms with Crippen LogP contribution in [0.4, 0.5) is 8.78 Å². The summed E-state index contributed by atoms with van der Waals surface area (Å²) in [6, 6.07) is 2.65. The second kappa shape index (κ2) is 7.10. The highest BCUT2D eigenvalue weighted by Gasteiger charge is 2.17.